The number of likely N-dealkylation sites (tertiary alicyclic amines) is 1. The van der Waals surface area contributed by atoms with E-state index in [4.69, 9.17) is 9.47 Å². The van der Waals surface area contributed by atoms with Gasteiger partial charge in [-0.1, -0.05) is 5.21 Å². The molecule has 2 aliphatic heterocycles. The highest BCUT2D eigenvalue weighted by atomic mass is 16.6. The molecule has 2 aliphatic rings. The van der Waals surface area contributed by atoms with Gasteiger partial charge in [-0.15, -0.1) is 5.10 Å². The number of carbonyl (C=O) groups excluding carboxylic acids is 2. The molecular weight excluding hydrogens is 362 g/mol. The van der Waals surface area contributed by atoms with Gasteiger partial charge in [0, 0.05) is 42.7 Å². The van der Waals surface area contributed by atoms with Crippen LogP contribution in [0.4, 0.5) is 4.79 Å². The average molecular weight is 387 g/mol. The molecule has 9 heteroatoms. The Morgan fingerprint density at radius 2 is 2.18 bits per heavy atom. The number of alkyl carbamates (subject to hydrolysis) is 1. The van der Waals surface area contributed by atoms with E-state index in [0.717, 1.165) is 5.52 Å². The van der Waals surface area contributed by atoms with E-state index in [0.29, 0.717) is 38.4 Å². The second kappa shape index (κ2) is 6.73. The largest absolute Gasteiger partial charge is 0.444 e. The van der Waals surface area contributed by atoms with Crippen molar-refractivity contribution in [2.24, 2.45) is 11.3 Å². The number of aromatic nitrogens is 3. The Kier molecular flexibility index (Phi) is 4.49. The summed E-state index contributed by atoms with van der Waals surface area (Å²) in [6.07, 6.45) is 2.91. The second-order valence-corrected chi connectivity index (χ2v) is 8.64. The molecule has 4 rings (SSSR count). The SMILES string of the molecule is CC(C)(C)OC(=O)NCC1CN(C(=O)c2ccn3nncc3c2)CC12COC2. The lowest BCUT2D eigenvalue weighted by Crippen LogP contribution is -2.52. The van der Waals surface area contributed by atoms with Gasteiger partial charge < -0.3 is 19.7 Å². The lowest BCUT2D eigenvalue weighted by atomic mass is 9.76. The number of amides is 2. The van der Waals surface area contributed by atoms with Crippen LogP contribution in [-0.4, -0.2) is 70.2 Å². The summed E-state index contributed by atoms with van der Waals surface area (Å²) < 4.78 is 12.4. The number of rotatable bonds is 3. The molecular formula is C19H25N5O4. The summed E-state index contributed by atoms with van der Waals surface area (Å²) >= 11 is 0. The van der Waals surface area contributed by atoms with Gasteiger partial charge in [0.05, 0.1) is 24.9 Å². The third kappa shape index (κ3) is 3.54. The molecule has 2 aromatic rings. The van der Waals surface area contributed by atoms with Crippen LogP contribution in [0.3, 0.4) is 0 Å². The van der Waals surface area contributed by atoms with Gasteiger partial charge in [-0.05, 0) is 32.9 Å². The van der Waals surface area contributed by atoms with Gasteiger partial charge in [0.1, 0.15) is 5.60 Å². The van der Waals surface area contributed by atoms with Crippen LogP contribution in [-0.2, 0) is 9.47 Å². The first kappa shape index (κ1) is 18.7. The van der Waals surface area contributed by atoms with Crippen LogP contribution in [0.5, 0.6) is 0 Å². The Bertz CT molecular complexity index is 899. The van der Waals surface area contributed by atoms with Crippen LogP contribution < -0.4 is 5.32 Å². The minimum Gasteiger partial charge on any atom is -0.444 e. The molecule has 2 saturated heterocycles. The smallest absolute Gasteiger partial charge is 0.407 e. The predicted molar refractivity (Wildman–Crippen MR) is 99.9 cm³/mol. The summed E-state index contributed by atoms with van der Waals surface area (Å²) in [5, 5.41) is 10.6. The number of carbonyl (C=O) groups is 2. The molecule has 0 bridgehead atoms. The second-order valence-electron chi connectivity index (χ2n) is 8.64. The van der Waals surface area contributed by atoms with Gasteiger partial charge in [0.2, 0.25) is 0 Å². The monoisotopic (exact) mass is 387 g/mol. The number of nitrogens with one attached hydrogen (secondary N) is 1. The molecule has 1 spiro atoms. The number of hydrogen-bond donors (Lipinski definition) is 1. The molecule has 1 atom stereocenters. The third-order valence-electron chi connectivity index (χ3n) is 5.32. The Labute approximate surface area is 163 Å². The molecule has 0 radical (unpaired) electrons. The van der Waals surface area contributed by atoms with Crippen molar-refractivity contribution in [1.82, 2.24) is 25.0 Å². The Morgan fingerprint density at radius 1 is 1.39 bits per heavy atom. The third-order valence-corrected chi connectivity index (χ3v) is 5.32. The quantitative estimate of drug-likeness (QED) is 0.854. The Hall–Kier alpha value is -2.68. The van der Waals surface area contributed by atoms with Crippen molar-refractivity contribution in [3.8, 4) is 0 Å². The number of pyridine rings is 1. The van der Waals surface area contributed by atoms with Crippen LogP contribution in [0.1, 0.15) is 31.1 Å². The summed E-state index contributed by atoms with van der Waals surface area (Å²) in [6.45, 7) is 8.33. The summed E-state index contributed by atoms with van der Waals surface area (Å²) in [4.78, 5) is 26.9. The maximum Gasteiger partial charge on any atom is 0.407 e. The minimum absolute atomic E-state index is 0.0326. The minimum atomic E-state index is -0.541. The van der Waals surface area contributed by atoms with Gasteiger partial charge in [0.15, 0.2) is 0 Å². The topological polar surface area (TPSA) is 98.1 Å². The predicted octanol–water partition coefficient (Wildman–Crippen LogP) is 1.34. The zero-order chi connectivity index (χ0) is 19.9. The van der Waals surface area contributed by atoms with Crippen molar-refractivity contribution in [1.29, 1.82) is 0 Å². The zero-order valence-corrected chi connectivity index (χ0v) is 16.3. The van der Waals surface area contributed by atoms with Crippen molar-refractivity contribution in [2.75, 3.05) is 32.8 Å². The number of hydrogen-bond acceptors (Lipinski definition) is 6. The zero-order valence-electron chi connectivity index (χ0n) is 16.3. The number of nitrogens with zero attached hydrogens (tertiary/aromatic N) is 4. The van der Waals surface area contributed by atoms with Crippen LogP contribution in [0.15, 0.2) is 24.5 Å². The van der Waals surface area contributed by atoms with Crippen molar-refractivity contribution < 1.29 is 19.1 Å². The van der Waals surface area contributed by atoms with Gasteiger partial charge in [0.25, 0.3) is 5.91 Å². The average Bonchev–Trinajstić information content (AvgIpc) is 3.21. The van der Waals surface area contributed by atoms with Crippen LogP contribution in [0.25, 0.3) is 5.52 Å². The molecule has 0 aliphatic carbocycles. The first-order chi connectivity index (χ1) is 13.3. The fraction of sp³-hybridized carbons (Fsp3) is 0.579. The first-order valence-electron chi connectivity index (χ1n) is 9.40. The fourth-order valence-electron chi connectivity index (χ4n) is 3.83. The summed E-state index contributed by atoms with van der Waals surface area (Å²) in [7, 11) is 0. The molecule has 28 heavy (non-hydrogen) atoms. The van der Waals surface area contributed by atoms with Crippen LogP contribution >= 0.6 is 0 Å². The molecule has 150 valence electrons. The summed E-state index contributed by atoms with van der Waals surface area (Å²) in [5.41, 5.74) is 0.730. The Morgan fingerprint density at radius 3 is 2.86 bits per heavy atom. The normalized spacial score (nSPS) is 21.0. The van der Waals surface area contributed by atoms with Gasteiger partial charge >= 0.3 is 6.09 Å². The summed E-state index contributed by atoms with van der Waals surface area (Å²) in [5.74, 6) is 0.0906. The van der Waals surface area contributed by atoms with Crippen molar-refractivity contribution >= 4 is 17.5 Å². The highest BCUT2D eigenvalue weighted by molar-refractivity contribution is 5.95. The summed E-state index contributed by atoms with van der Waals surface area (Å²) in [6, 6.07) is 3.54. The van der Waals surface area contributed by atoms with E-state index in [1.54, 1.807) is 29.0 Å². The number of fused-ring (bicyclic) bond motifs is 1. The highest BCUT2D eigenvalue weighted by Gasteiger charge is 2.53. The molecule has 1 unspecified atom stereocenters. The van der Waals surface area contributed by atoms with E-state index >= 15 is 0 Å². The molecule has 0 saturated carbocycles. The van der Waals surface area contributed by atoms with Gasteiger partial charge in [-0.3, -0.25) is 4.79 Å². The molecule has 2 amide bonds. The fourth-order valence-corrected chi connectivity index (χ4v) is 3.83. The van der Waals surface area contributed by atoms with E-state index in [-0.39, 0.29) is 17.2 Å². The first-order valence-corrected chi connectivity index (χ1v) is 9.40. The molecule has 0 aromatic carbocycles. The molecule has 9 nitrogen and oxygen atoms in total. The van der Waals surface area contributed by atoms with Crippen LogP contribution in [0.2, 0.25) is 0 Å². The van der Waals surface area contributed by atoms with Gasteiger partial charge in [-0.25, -0.2) is 9.31 Å². The van der Waals surface area contributed by atoms with Crippen molar-refractivity contribution in [2.45, 2.75) is 26.4 Å². The van der Waals surface area contributed by atoms with Gasteiger partial charge in [-0.2, -0.15) is 0 Å². The van der Waals surface area contributed by atoms with Crippen LogP contribution in [0, 0.1) is 11.3 Å². The molecule has 4 heterocycles. The van der Waals surface area contributed by atoms with E-state index in [2.05, 4.69) is 15.6 Å². The maximum atomic E-state index is 13.0. The lowest BCUT2D eigenvalue weighted by molar-refractivity contribution is -0.126. The lowest BCUT2D eigenvalue weighted by Gasteiger charge is -2.42. The van der Waals surface area contributed by atoms with Crippen molar-refractivity contribution in [3.05, 3.63) is 30.1 Å². The van der Waals surface area contributed by atoms with E-state index in [1.165, 1.54) is 0 Å². The number of ether oxygens (including phenoxy) is 2. The van der Waals surface area contributed by atoms with Crippen molar-refractivity contribution in [3.63, 3.8) is 0 Å². The van der Waals surface area contributed by atoms with E-state index < -0.39 is 11.7 Å². The molecule has 2 aromatic heterocycles. The van der Waals surface area contributed by atoms with E-state index in [1.807, 2.05) is 25.7 Å². The molecule has 2 fully saturated rings. The van der Waals surface area contributed by atoms with E-state index in [9.17, 15) is 9.59 Å². The molecule has 1 N–H and O–H groups in total. The standard InChI is InChI=1S/C19H25N5O4/c1-18(2,3)28-17(26)20-7-14-9-23(10-19(14)11-27-12-19)16(25)13-4-5-24-15(6-13)8-21-22-24/h4-6,8,14H,7,9-12H2,1-3H3,(H,20,26). The maximum absolute atomic E-state index is 13.0. The highest BCUT2D eigenvalue weighted by Crippen LogP contribution is 2.42. The Balaban J connectivity index is 1.43.